The van der Waals surface area contributed by atoms with Gasteiger partial charge in [-0.1, -0.05) is 0 Å². The van der Waals surface area contributed by atoms with Crippen LogP contribution in [0.1, 0.15) is 14.9 Å². The van der Waals surface area contributed by atoms with Crippen LogP contribution >= 0.6 is 0 Å². The van der Waals surface area contributed by atoms with E-state index < -0.39 is 5.97 Å². The molecule has 0 amide bonds. The number of carbonyl (C=O) groups is 1. The van der Waals surface area contributed by atoms with Crippen LogP contribution in [0.25, 0.3) is 26.1 Å². The van der Waals surface area contributed by atoms with Crippen molar-refractivity contribution in [2.24, 2.45) is 0 Å². The van der Waals surface area contributed by atoms with Gasteiger partial charge in [-0.25, -0.2) is 0 Å². The number of nitrogens with zero attached hydrogens (tertiary/aromatic N) is 2. The minimum atomic E-state index is -0.920. The average Bonchev–Trinajstić information content (AvgIpc) is 3.03. The van der Waals surface area contributed by atoms with Crippen molar-refractivity contribution in [1.29, 1.82) is 0 Å². The van der Waals surface area contributed by atoms with Gasteiger partial charge in [0.2, 0.25) is 0 Å². The van der Waals surface area contributed by atoms with Gasteiger partial charge < -0.3 is 0 Å². The molecule has 0 saturated carbocycles. The van der Waals surface area contributed by atoms with Gasteiger partial charge in [-0.05, 0) is 0 Å². The normalized spacial score (nSPS) is 10.3. The second-order valence-corrected chi connectivity index (χ2v) is 7.41. The van der Waals surface area contributed by atoms with Crippen LogP contribution in [0.5, 0.6) is 5.75 Å². The number of aromatic carboxylic acids is 1. The Morgan fingerprint density at radius 3 is 2.44 bits per heavy atom. The number of hydrogen-bond donors (Lipinski definition) is 1. The Kier molecular flexibility index (Phi) is 4.71. The number of aromatic nitrogens is 1. The first-order valence-corrected chi connectivity index (χ1v) is 9.12. The number of aryl methyl sites for hydroxylation is 1. The van der Waals surface area contributed by atoms with Gasteiger partial charge in [0.25, 0.3) is 0 Å². The molecule has 0 unspecified atom stereocenters. The van der Waals surface area contributed by atoms with Crippen molar-refractivity contribution in [3.8, 4) is 27.0 Å². The molecule has 0 radical (unpaired) electrons. The topological polar surface area (TPSA) is 63.8 Å². The number of hydrogen-bond acceptors (Lipinski definition) is 3. The summed E-state index contributed by atoms with van der Waals surface area (Å²) in [6.07, 6.45) is 0. The quantitative estimate of drug-likeness (QED) is 0.533. The van der Waals surface area contributed by atoms with Gasteiger partial charge in [0.1, 0.15) is 0 Å². The predicted octanol–water partition coefficient (Wildman–Crippen LogP) is 4.04. The van der Waals surface area contributed by atoms with Crippen LogP contribution in [0.2, 0.25) is 0 Å². The van der Waals surface area contributed by atoms with Crippen molar-refractivity contribution < 1.29 is 14.6 Å². The second kappa shape index (κ2) is 6.94. The molecule has 6 heteroatoms. The van der Waals surface area contributed by atoms with Crippen LogP contribution in [-0.4, -0.2) is 37.7 Å². The SMILES string of the molecule is [C-]#[N+]c1cc(-c2nc(C)c(C(=O)O)[se]2)ccc1-c1ccc(OC)cc1. The molecule has 0 spiro atoms. The van der Waals surface area contributed by atoms with Crippen molar-refractivity contribution in [2.75, 3.05) is 7.11 Å². The molecule has 1 heterocycles. The number of ether oxygens (including phenoxy) is 1. The third-order valence-corrected chi connectivity index (χ3v) is 6.26. The number of benzene rings is 2. The molecular weight excluding hydrogens is 383 g/mol. The summed E-state index contributed by atoms with van der Waals surface area (Å²) in [6.45, 7) is 9.20. The first kappa shape index (κ1) is 17.0. The molecule has 0 bridgehead atoms. The Hall–Kier alpha value is -2.87. The summed E-state index contributed by atoms with van der Waals surface area (Å²) in [6, 6.07) is 13.1. The maximum absolute atomic E-state index is 11.2. The van der Waals surface area contributed by atoms with E-state index in [1.165, 1.54) is 0 Å². The summed E-state index contributed by atoms with van der Waals surface area (Å²) in [4.78, 5) is 19.3. The molecule has 124 valence electrons. The van der Waals surface area contributed by atoms with Gasteiger partial charge in [-0.2, -0.15) is 0 Å². The van der Waals surface area contributed by atoms with Crippen LogP contribution in [0.4, 0.5) is 5.69 Å². The van der Waals surface area contributed by atoms with E-state index in [0.717, 1.165) is 27.0 Å². The average molecular weight is 397 g/mol. The van der Waals surface area contributed by atoms with Gasteiger partial charge in [0.15, 0.2) is 0 Å². The molecule has 5 nitrogen and oxygen atoms in total. The van der Waals surface area contributed by atoms with E-state index in [2.05, 4.69) is 9.83 Å². The fourth-order valence-electron chi connectivity index (χ4n) is 2.49. The summed E-state index contributed by atoms with van der Waals surface area (Å²) < 4.78 is 6.27. The maximum atomic E-state index is 11.2. The fraction of sp³-hybridized carbons (Fsp3) is 0.105. The van der Waals surface area contributed by atoms with Gasteiger partial charge in [-0.3, -0.25) is 0 Å². The summed E-state index contributed by atoms with van der Waals surface area (Å²) in [5.74, 6) is -0.160. The molecule has 0 saturated heterocycles. The number of carboxylic acids is 1. The summed E-state index contributed by atoms with van der Waals surface area (Å²) in [7, 11) is 1.61. The van der Waals surface area contributed by atoms with Crippen molar-refractivity contribution in [3.05, 3.63) is 64.0 Å². The molecule has 3 aromatic rings. The molecule has 25 heavy (non-hydrogen) atoms. The third-order valence-electron chi connectivity index (χ3n) is 3.76. The van der Waals surface area contributed by atoms with E-state index in [9.17, 15) is 9.90 Å². The number of rotatable bonds is 4. The van der Waals surface area contributed by atoms with Crippen LogP contribution in [0.3, 0.4) is 0 Å². The zero-order valence-electron chi connectivity index (χ0n) is 13.6. The summed E-state index contributed by atoms with van der Waals surface area (Å²) >= 11 is -0.350. The van der Waals surface area contributed by atoms with E-state index in [-0.39, 0.29) is 14.5 Å². The van der Waals surface area contributed by atoms with Crippen LogP contribution in [0, 0.1) is 13.5 Å². The molecule has 1 aromatic heterocycles. The minimum absolute atomic E-state index is 0.350. The number of carboxylic acid groups (broad SMARTS) is 1. The van der Waals surface area contributed by atoms with Crippen molar-refractivity contribution in [1.82, 2.24) is 4.98 Å². The Morgan fingerprint density at radius 2 is 1.88 bits per heavy atom. The molecule has 0 aliphatic carbocycles. The summed E-state index contributed by atoms with van der Waals surface area (Å²) in [5, 5.41) is 9.21. The van der Waals surface area contributed by atoms with Crippen molar-refractivity contribution >= 4 is 26.2 Å². The Morgan fingerprint density at radius 1 is 1.20 bits per heavy atom. The van der Waals surface area contributed by atoms with Crippen LogP contribution in [0.15, 0.2) is 42.5 Å². The second-order valence-electron chi connectivity index (χ2n) is 5.31. The van der Waals surface area contributed by atoms with Crippen LogP contribution in [-0.2, 0) is 0 Å². The van der Waals surface area contributed by atoms with E-state index >= 15 is 0 Å². The van der Waals surface area contributed by atoms with Gasteiger partial charge in [0, 0.05) is 0 Å². The molecular formula is C19H14N2O3Se. The molecule has 2 aromatic carbocycles. The molecule has 0 aliphatic heterocycles. The summed E-state index contributed by atoms with van der Waals surface area (Å²) in [5.41, 5.74) is 3.63. The molecule has 3 rings (SSSR count). The number of methoxy groups -OCH3 is 1. The monoisotopic (exact) mass is 398 g/mol. The fourth-order valence-corrected chi connectivity index (χ4v) is 4.38. The van der Waals surface area contributed by atoms with Gasteiger partial charge in [-0.15, -0.1) is 0 Å². The van der Waals surface area contributed by atoms with E-state index in [4.69, 9.17) is 11.3 Å². The Labute approximate surface area is 151 Å². The molecule has 1 N–H and O–H groups in total. The standard InChI is InChI=1S/C19H14N2O3Se/c1-11-17(19(22)23)25-18(21-11)13-6-9-15(16(10-13)20-2)12-4-7-14(24-3)8-5-12/h4-10H,1,3H3,(H,22,23). The Balaban J connectivity index is 2.04. The third kappa shape index (κ3) is 3.34. The zero-order chi connectivity index (χ0) is 18.0. The molecule has 0 aliphatic rings. The van der Waals surface area contributed by atoms with Crippen molar-refractivity contribution in [3.63, 3.8) is 0 Å². The van der Waals surface area contributed by atoms with Gasteiger partial charge >= 0.3 is 151 Å². The van der Waals surface area contributed by atoms with Crippen LogP contribution < -0.4 is 4.74 Å². The molecule has 0 fully saturated rings. The van der Waals surface area contributed by atoms with E-state index in [0.29, 0.717) is 15.8 Å². The first-order valence-electron chi connectivity index (χ1n) is 7.40. The first-order chi connectivity index (χ1) is 12.0. The zero-order valence-corrected chi connectivity index (χ0v) is 15.3. The van der Waals surface area contributed by atoms with Crippen molar-refractivity contribution in [2.45, 2.75) is 6.92 Å². The Bertz CT molecular complexity index is 985. The van der Waals surface area contributed by atoms with Gasteiger partial charge in [0.05, 0.1) is 0 Å². The predicted molar refractivity (Wildman–Crippen MR) is 96.6 cm³/mol. The molecule has 0 atom stereocenters. The van der Waals surface area contributed by atoms with E-state index in [1.807, 2.05) is 36.4 Å². The van der Waals surface area contributed by atoms with E-state index in [1.54, 1.807) is 20.1 Å².